The van der Waals surface area contributed by atoms with Gasteiger partial charge in [0.05, 0.1) is 6.61 Å². The summed E-state index contributed by atoms with van der Waals surface area (Å²) in [6.07, 6.45) is 2.61. The smallest absolute Gasteiger partial charge is 0.222 e. The monoisotopic (exact) mass is 243 g/mol. The van der Waals surface area contributed by atoms with Gasteiger partial charge in [0, 0.05) is 11.8 Å². The van der Waals surface area contributed by atoms with Gasteiger partial charge in [-0.05, 0) is 42.7 Å². The molecule has 2 rings (SSSR count). The topological polar surface area (TPSA) is 42.4 Å². The average Bonchev–Trinajstić information content (AvgIpc) is 2.41. The van der Waals surface area contributed by atoms with Crippen molar-refractivity contribution in [2.45, 2.75) is 26.9 Å². The van der Waals surface area contributed by atoms with E-state index in [1.807, 2.05) is 31.2 Å². The van der Waals surface area contributed by atoms with Crippen molar-refractivity contribution in [2.75, 3.05) is 0 Å². The molecule has 0 saturated carbocycles. The van der Waals surface area contributed by atoms with Crippen LogP contribution in [0, 0.1) is 6.92 Å². The lowest BCUT2D eigenvalue weighted by Gasteiger charge is -2.09. The first-order chi connectivity index (χ1) is 8.72. The maximum Gasteiger partial charge on any atom is 0.222 e. The Hall–Kier alpha value is -1.87. The molecule has 0 aliphatic carbocycles. The molecule has 1 aromatic carbocycles. The number of aromatic nitrogens is 1. The number of benzene rings is 1. The van der Waals surface area contributed by atoms with Gasteiger partial charge in [-0.3, -0.25) is 0 Å². The highest BCUT2D eigenvalue weighted by molar-refractivity contribution is 5.35. The normalized spacial score (nSPS) is 10.4. The minimum atomic E-state index is -0.000556. The zero-order chi connectivity index (χ0) is 13.0. The van der Waals surface area contributed by atoms with E-state index in [4.69, 9.17) is 9.84 Å². The predicted octanol–water partition coefficient (Wildman–Crippen LogP) is 3.24. The third-order valence-corrected chi connectivity index (χ3v) is 2.79. The van der Waals surface area contributed by atoms with Gasteiger partial charge in [-0.1, -0.05) is 19.1 Å². The van der Waals surface area contributed by atoms with E-state index in [0.717, 1.165) is 23.3 Å². The lowest BCUT2D eigenvalue weighted by Crippen LogP contribution is -1.94. The number of aliphatic hydroxyl groups is 1. The summed E-state index contributed by atoms with van der Waals surface area (Å²) in [6.45, 7) is 4.03. The molecule has 0 saturated heterocycles. The quantitative estimate of drug-likeness (QED) is 0.896. The summed E-state index contributed by atoms with van der Waals surface area (Å²) in [7, 11) is 0. The van der Waals surface area contributed by atoms with Gasteiger partial charge >= 0.3 is 0 Å². The number of aliphatic hydroxyl groups excluding tert-OH is 1. The molecule has 0 aliphatic heterocycles. The van der Waals surface area contributed by atoms with E-state index in [-0.39, 0.29) is 6.61 Å². The van der Waals surface area contributed by atoms with E-state index in [1.54, 1.807) is 6.20 Å². The number of hydrogen-bond donors (Lipinski definition) is 1. The summed E-state index contributed by atoms with van der Waals surface area (Å²) in [5.41, 5.74) is 2.95. The molecule has 1 heterocycles. The molecule has 0 aliphatic rings. The second kappa shape index (κ2) is 5.65. The maximum atomic E-state index is 9.03. The van der Waals surface area contributed by atoms with Gasteiger partial charge in [-0.2, -0.15) is 0 Å². The Kier molecular flexibility index (Phi) is 3.95. The predicted molar refractivity (Wildman–Crippen MR) is 70.8 cm³/mol. The number of rotatable bonds is 4. The highest BCUT2D eigenvalue weighted by Gasteiger charge is 2.04. The maximum absolute atomic E-state index is 9.03. The Morgan fingerprint density at radius 1 is 1.22 bits per heavy atom. The minimum Gasteiger partial charge on any atom is -0.439 e. The van der Waals surface area contributed by atoms with Crippen LogP contribution in [0.3, 0.4) is 0 Å². The van der Waals surface area contributed by atoms with E-state index in [2.05, 4.69) is 18.0 Å². The minimum absolute atomic E-state index is 0.000556. The Morgan fingerprint density at radius 3 is 2.72 bits per heavy atom. The van der Waals surface area contributed by atoms with Crippen LogP contribution in [-0.2, 0) is 13.0 Å². The fourth-order valence-electron chi connectivity index (χ4n) is 1.75. The molecule has 0 bridgehead atoms. The van der Waals surface area contributed by atoms with Gasteiger partial charge in [0.25, 0.3) is 0 Å². The van der Waals surface area contributed by atoms with E-state index in [1.165, 1.54) is 5.56 Å². The third-order valence-electron chi connectivity index (χ3n) is 2.79. The van der Waals surface area contributed by atoms with Crippen molar-refractivity contribution in [1.29, 1.82) is 0 Å². The Balaban J connectivity index is 2.22. The van der Waals surface area contributed by atoms with Crippen molar-refractivity contribution in [1.82, 2.24) is 4.98 Å². The summed E-state index contributed by atoms with van der Waals surface area (Å²) in [5.74, 6) is 1.38. The molecule has 1 N–H and O–H groups in total. The van der Waals surface area contributed by atoms with Crippen LogP contribution in [0.15, 0.2) is 36.5 Å². The molecular formula is C15H17NO2. The van der Waals surface area contributed by atoms with Crippen LogP contribution >= 0.6 is 0 Å². The number of aryl methyl sites for hydroxylation is 2. The van der Waals surface area contributed by atoms with Crippen molar-refractivity contribution < 1.29 is 9.84 Å². The highest BCUT2D eigenvalue weighted by atomic mass is 16.5. The van der Waals surface area contributed by atoms with Crippen LogP contribution < -0.4 is 4.74 Å². The highest BCUT2D eigenvalue weighted by Crippen LogP contribution is 2.24. The molecule has 0 amide bonds. The molecule has 1 aromatic heterocycles. The molecule has 0 atom stereocenters. The molecule has 0 spiro atoms. The first-order valence-electron chi connectivity index (χ1n) is 6.06. The molecule has 0 fully saturated rings. The molecule has 0 radical (unpaired) electrons. The standard InChI is InChI=1S/C15H17NO2/c1-3-12-5-4-6-14(8-12)18-15-11(2)7-13(10-17)9-16-15/h4-9,17H,3,10H2,1-2H3. The lowest BCUT2D eigenvalue weighted by molar-refractivity contribution is 0.281. The van der Waals surface area contributed by atoms with Gasteiger partial charge in [0.2, 0.25) is 5.88 Å². The van der Waals surface area contributed by atoms with Crippen LogP contribution in [0.1, 0.15) is 23.6 Å². The van der Waals surface area contributed by atoms with Crippen molar-refractivity contribution in [2.24, 2.45) is 0 Å². The second-order valence-electron chi connectivity index (χ2n) is 4.23. The molecule has 94 valence electrons. The van der Waals surface area contributed by atoms with Gasteiger partial charge in [0.1, 0.15) is 5.75 Å². The number of nitrogens with zero attached hydrogens (tertiary/aromatic N) is 1. The van der Waals surface area contributed by atoms with Crippen LogP contribution in [0.5, 0.6) is 11.6 Å². The Bertz CT molecular complexity index is 538. The summed E-state index contributed by atoms with van der Waals surface area (Å²) in [5, 5.41) is 9.03. The van der Waals surface area contributed by atoms with Gasteiger partial charge in [-0.25, -0.2) is 4.98 Å². The average molecular weight is 243 g/mol. The zero-order valence-electron chi connectivity index (χ0n) is 10.7. The van der Waals surface area contributed by atoms with Gasteiger partial charge in [0.15, 0.2) is 0 Å². The van der Waals surface area contributed by atoms with E-state index >= 15 is 0 Å². The van der Waals surface area contributed by atoms with E-state index in [0.29, 0.717) is 5.88 Å². The molecule has 3 heteroatoms. The fraction of sp³-hybridized carbons (Fsp3) is 0.267. The van der Waals surface area contributed by atoms with E-state index in [9.17, 15) is 0 Å². The molecule has 3 nitrogen and oxygen atoms in total. The number of pyridine rings is 1. The SMILES string of the molecule is CCc1cccc(Oc2ncc(CO)cc2C)c1. The molecular weight excluding hydrogens is 226 g/mol. The summed E-state index contributed by atoms with van der Waals surface area (Å²) in [6, 6.07) is 9.86. The number of hydrogen-bond acceptors (Lipinski definition) is 3. The second-order valence-corrected chi connectivity index (χ2v) is 4.23. The molecule has 18 heavy (non-hydrogen) atoms. The fourth-order valence-corrected chi connectivity index (χ4v) is 1.75. The van der Waals surface area contributed by atoms with Crippen molar-refractivity contribution in [3.63, 3.8) is 0 Å². The first-order valence-corrected chi connectivity index (χ1v) is 6.06. The molecule has 0 unspecified atom stereocenters. The summed E-state index contributed by atoms with van der Waals surface area (Å²) >= 11 is 0. The third kappa shape index (κ3) is 2.87. The van der Waals surface area contributed by atoms with Crippen LogP contribution in [0.4, 0.5) is 0 Å². The van der Waals surface area contributed by atoms with Gasteiger partial charge < -0.3 is 9.84 Å². The lowest BCUT2D eigenvalue weighted by atomic mass is 10.2. The summed E-state index contributed by atoms with van der Waals surface area (Å²) < 4.78 is 5.76. The Labute approximate surface area is 107 Å². The van der Waals surface area contributed by atoms with Crippen molar-refractivity contribution >= 4 is 0 Å². The summed E-state index contributed by atoms with van der Waals surface area (Å²) in [4.78, 5) is 4.22. The number of ether oxygens (including phenoxy) is 1. The van der Waals surface area contributed by atoms with Gasteiger partial charge in [-0.15, -0.1) is 0 Å². The zero-order valence-corrected chi connectivity index (χ0v) is 10.7. The van der Waals surface area contributed by atoms with Crippen LogP contribution in [0.25, 0.3) is 0 Å². The van der Waals surface area contributed by atoms with E-state index < -0.39 is 0 Å². The largest absolute Gasteiger partial charge is 0.439 e. The molecule has 2 aromatic rings. The van der Waals surface area contributed by atoms with Crippen LogP contribution in [-0.4, -0.2) is 10.1 Å². The van der Waals surface area contributed by atoms with Crippen LogP contribution in [0.2, 0.25) is 0 Å². The Morgan fingerprint density at radius 2 is 2.06 bits per heavy atom. The van der Waals surface area contributed by atoms with Crippen molar-refractivity contribution in [3.8, 4) is 11.6 Å². The first kappa shape index (κ1) is 12.6. The van der Waals surface area contributed by atoms with Crippen molar-refractivity contribution in [3.05, 3.63) is 53.2 Å².